The van der Waals surface area contributed by atoms with Crippen LogP contribution in [0.15, 0.2) is 58.4 Å². The Labute approximate surface area is 167 Å². The van der Waals surface area contributed by atoms with Gasteiger partial charge in [-0.25, -0.2) is 17.5 Å². The maximum absolute atomic E-state index is 13.2. The van der Waals surface area contributed by atoms with E-state index in [0.29, 0.717) is 5.56 Å². The minimum Gasteiger partial charge on any atom is -0.464 e. The molecule has 2 atom stereocenters. The topological polar surface area (TPSA) is 119 Å². The summed E-state index contributed by atoms with van der Waals surface area (Å²) in [5, 5.41) is 10.9. The van der Waals surface area contributed by atoms with Crippen LogP contribution in [0.3, 0.4) is 0 Å². The average Bonchev–Trinajstić information content (AvgIpc) is 3.14. The Morgan fingerprint density at radius 1 is 1.17 bits per heavy atom. The SMILES string of the molecule is CCOC(=O)[C@H]1N=CN(S(=O)(=O)c2ccc(C)cc2)[C@@H]1c1ccc([N+](=O)[O-])cc1. The molecule has 1 aliphatic heterocycles. The molecule has 0 bridgehead atoms. The molecule has 9 nitrogen and oxygen atoms in total. The average molecular weight is 417 g/mol. The Morgan fingerprint density at radius 2 is 1.79 bits per heavy atom. The second kappa shape index (κ2) is 8.00. The zero-order chi connectivity index (χ0) is 21.2. The Balaban J connectivity index is 2.05. The van der Waals surface area contributed by atoms with Gasteiger partial charge >= 0.3 is 5.97 Å². The van der Waals surface area contributed by atoms with Crippen molar-refractivity contribution in [1.82, 2.24) is 4.31 Å². The summed E-state index contributed by atoms with van der Waals surface area (Å²) < 4.78 is 32.4. The Hall–Kier alpha value is -3.27. The van der Waals surface area contributed by atoms with E-state index in [1.807, 2.05) is 6.92 Å². The molecule has 0 saturated carbocycles. The standard InChI is InChI=1S/C19H19N3O6S/c1-3-28-19(23)17-18(14-6-8-15(9-7-14)22(24)25)21(12-20-17)29(26,27)16-10-4-13(2)5-11-16/h4-12,17-18H,3H2,1-2H3/t17-,18+/m0/s1. The largest absolute Gasteiger partial charge is 0.464 e. The summed E-state index contributed by atoms with van der Waals surface area (Å²) in [6, 6.07) is 9.51. The highest BCUT2D eigenvalue weighted by atomic mass is 32.2. The second-order valence-corrected chi connectivity index (χ2v) is 8.25. The van der Waals surface area contributed by atoms with Crippen LogP contribution in [0, 0.1) is 17.0 Å². The van der Waals surface area contributed by atoms with Gasteiger partial charge in [0.25, 0.3) is 15.7 Å². The van der Waals surface area contributed by atoms with E-state index >= 15 is 0 Å². The van der Waals surface area contributed by atoms with Gasteiger partial charge < -0.3 is 4.74 Å². The van der Waals surface area contributed by atoms with Gasteiger partial charge in [-0.15, -0.1) is 0 Å². The highest BCUT2D eigenvalue weighted by Crippen LogP contribution is 2.35. The van der Waals surface area contributed by atoms with Gasteiger partial charge in [-0.1, -0.05) is 17.7 Å². The van der Waals surface area contributed by atoms with E-state index in [9.17, 15) is 23.3 Å². The number of rotatable bonds is 6. The van der Waals surface area contributed by atoms with Crippen molar-refractivity contribution in [3.8, 4) is 0 Å². The van der Waals surface area contributed by atoms with Gasteiger partial charge in [0.1, 0.15) is 12.4 Å². The van der Waals surface area contributed by atoms with Crippen LogP contribution in [0.5, 0.6) is 0 Å². The molecule has 0 spiro atoms. The van der Waals surface area contributed by atoms with Crippen LogP contribution in [-0.4, -0.2) is 42.6 Å². The molecule has 0 radical (unpaired) electrons. The van der Waals surface area contributed by atoms with Crippen molar-refractivity contribution >= 4 is 28.0 Å². The molecule has 3 rings (SSSR count). The molecule has 152 valence electrons. The lowest BCUT2D eigenvalue weighted by atomic mass is 10.0. The van der Waals surface area contributed by atoms with E-state index in [1.54, 1.807) is 19.1 Å². The lowest BCUT2D eigenvalue weighted by molar-refractivity contribution is -0.384. The quantitative estimate of drug-likeness (QED) is 0.405. The molecule has 10 heteroatoms. The Kier molecular flexibility index (Phi) is 5.64. The first-order valence-corrected chi connectivity index (χ1v) is 10.2. The number of aliphatic imine (C=N–C) groups is 1. The number of ether oxygens (including phenoxy) is 1. The van der Waals surface area contributed by atoms with Crippen LogP contribution in [0.2, 0.25) is 0 Å². The molecule has 0 saturated heterocycles. The van der Waals surface area contributed by atoms with Crippen molar-refractivity contribution in [2.24, 2.45) is 4.99 Å². The van der Waals surface area contributed by atoms with Crippen molar-refractivity contribution in [3.05, 3.63) is 69.8 Å². The minimum absolute atomic E-state index is 0.0472. The lowest BCUT2D eigenvalue weighted by Gasteiger charge is -2.27. The van der Waals surface area contributed by atoms with Gasteiger partial charge in [-0.05, 0) is 43.7 Å². The summed E-state index contributed by atoms with van der Waals surface area (Å²) in [5.41, 5.74) is 1.14. The number of nitro groups is 1. The van der Waals surface area contributed by atoms with E-state index in [2.05, 4.69) is 4.99 Å². The van der Waals surface area contributed by atoms with Crippen LogP contribution in [0.25, 0.3) is 0 Å². The fraction of sp³-hybridized carbons (Fsp3) is 0.263. The molecular weight excluding hydrogens is 398 g/mol. The van der Waals surface area contributed by atoms with Crippen molar-refractivity contribution in [3.63, 3.8) is 0 Å². The summed E-state index contributed by atoms with van der Waals surface area (Å²) >= 11 is 0. The van der Waals surface area contributed by atoms with Crippen molar-refractivity contribution in [2.45, 2.75) is 30.8 Å². The van der Waals surface area contributed by atoms with Gasteiger partial charge in [-0.2, -0.15) is 0 Å². The minimum atomic E-state index is -4.02. The Bertz CT molecular complexity index is 1050. The van der Waals surface area contributed by atoms with Gasteiger partial charge in [-0.3, -0.25) is 15.1 Å². The summed E-state index contributed by atoms with van der Waals surface area (Å²) in [6.45, 7) is 3.59. The van der Waals surface area contributed by atoms with E-state index < -0.39 is 33.0 Å². The first kappa shape index (κ1) is 20.5. The molecule has 0 unspecified atom stereocenters. The van der Waals surface area contributed by atoms with E-state index in [1.165, 1.54) is 36.4 Å². The molecule has 2 aromatic carbocycles. The summed E-state index contributed by atoms with van der Waals surface area (Å²) in [5.74, 6) is -0.672. The zero-order valence-electron chi connectivity index (χ0n) is 15.8. The van der Waals surface area contributed by atoms with Gasteiger partial charge in [0.05, 0.1) is 16.4 Å². The van der Waals surface area contributed by atoms with Crippen LogP contribution in [0.4, 0.5) is 5.69 Å². The number of carbonyl (C=O) groups is 1. The van der Waals surface area contributed by atoms with Crippen molar-refractivity contribution < 1.29 is 22.9 Å². The zero-order valence-corrected chi connectivity index (χ0v) is 16.6. The number of nitro benzene ring substituents is 1. The molecule has 0 amide bonds. The molecule has 1 aliphatic rings. The monoisotopic (exact) mass is 417 g/mol. The van der Waals surface area contributed by atoms with Crippen molar-refractivity contribution in [1.29, 1.82) is 0 Å². The number of sulfonamides is 1. The van der Waals surface area contributed by atoms with Crippen LogP contribution in [0.1, 0.15) is 24.1 Å². The van der Waals surface area contributed by atoms with Crippen LogP contribution in [-0.2, 0) is 19.6 Å². The third-order valence-electron chi connectivity index (χ3n) is 4.48. The number of esters is 1. The number of nitrogens with zero attached hydrogens (tertiary/aromatic N) is 3. The molecule has 0 N–H and O–H groups in total. The van der Waals surface area contributed by atoms with Gasteiger partial charge in [0, 0.05) is 12.1 Å². The highest BCUT2D eigenvalue weighted by molar-refractivity contribution is 7.89. The second-order valence-electron chi connectivity index (χ2n) is 6.40. The maximum Gasteiger partial charge on any atom is 0.333 e. The molecule has 2 aromatic rings. The molecular formula is C19H19N3O6S. The summed E-state index contributed by atoms with van der Waals surface area (Å²) in [6.07, 6.45) is 1.10. The maximum atomic E-state index is 13.2. The first-order valence-electron chi connectivity index (χ1n) is 8.80. The third-order valence-corrected chi connectivity index (χ3v) is 6.23. The number of aryl methyl sites for hydroxylation is 1. The number of carbonyl (C=O) groups excluding carboxylic acids is 1. The smallest absolute Gasteiger partial charge is 0.333 e. The summed E-state index contributed by atoms with van der Waals surface area (Å²) in [4.78, 5) is 26.9. The Morgan fingerprint density at radius 3 is 2.34 bits per heavy atom. The van der Waals surface area contributed by atoms with E-state index in [0.717, 1.165) is 16.2 Å². The molecule has 0 aliphatic carbocycles. The first-order chi connectivity index (χ1) is 13.8. The van der Waals surface area contributed by atoms with Crippen molar-refractivity contribution in [2.75, 3.05) is 6.61 Å². The molecule has 1 heterocycles. The van der Waals surface area contributed by atoms with Crippen LogP contribution < -0.4 is 0 Å². The van der Waals surface area contributed by atoms with Gasteiger partial charge in [0.2, 0.25) is 0 Å². The lowest BCUT2D eigenvalue weighted by Crippen LogP contribution is -2.37. The summed E-state index contributed by atoms with van der Waals surface area (Å²) in [7, 11) is -4.02. The molecule has 0 fully saturated rings. The number of non-ortho nitro benzene ring substituents is 1. The van der Waals surface area contributed by atoms with E-state index in [4.69, 9.17) is 4.74 Å². The number of hydrogen-bond donors (Lipinski definition) is 0. The number of hydrogen-bond acceptors (Lipinski definition) is 7. The fourth-order valence-corrected chi connectivity index (χ4v) is 4.45. The molecule has 0 aromatic heterocycles. The third kappa shape index (κ3) is 3.97. The fourth-order valence-electron chi connectivity index (χ4n) is 3.01. The normalized spacial score (nSPS) is 18.6. The van der Waals surface area contributed by atoms with E-state index in [-0.39, 0.29) is 17.2 Å². The predicted molar refractivity (Wildman–Crippen MR) is 105 cm³/mol. The highest BCUT2D eigenvalue weighted by Gasteiger charge is 2.44. The van der Waals surface area contributed by atoms with Crippen LogP contribution >= 0.6 is 0 Å². The molecule has 29 heavy (non-hydrogen) atoms. The van der Waals surface area contributed by atoms with Gasteiger partial charge in [0.15, 0.2) is 6.04 Å². The number of benzene rings is 2. The predicted octanol–water partition coefficient (Wildman–Crippen LogP) is 2.61.